The summed E-state index contributed by atoms with van der Waals surface area (Å²) in [7, 11) is 0. The second-order valence-electron chi connectivity index (χ2n) is 7.43. The summed E-state index contributed by atoms with van der Waals surface area (Å²) in [5, 5.41) is 2.80. The van der Waals surface area contributed by atoms with Gasteiger partial charge in [0.1, 0.15) is 5.78 Å². The van der Waals surface area contributed by atoms with Crippen LogP contribution in [0.5, 0.6) is 0 Å². The lowest BCUT2D eigenvalue weighted by molar-refractivity contribution is -0.138. The number of benzene rings is 2. The first-order valence-corrected chi connectivity index (χ1v) is 8.95. The minimum Gasteiger partial charge on any atom is -0.447 e. The summed E-state index contributed by atoms with van der Waals surface area (Å²) in [6, 6.07) is 10.0. The Balaban J connectivity index is 1.61. The number of ketones is 1. The molecular weight excluding hydrogens is 338 g/mol. The lowest BCUT2D eigenvalue weighted by atomic mass is 9.65. The Kier molecular flexibility index (Phi) is 3.76. The largest absolute Gasteiger partial charge is 0.447 e. The molecule has 0 aromatic heterocycles. The molecule has 1 fully saturated rings. The molecule has 1 spiro atoms. The summed E-state index contributed by atoms with van der Waals surface area (Å²) in [5.41, 5.74) is 1.78. The number of Topliss-reactive ketones (excluding diaryl/α,β-unsaturated/α-hetero) is 1. The third kappa shape index (κ3) is 2.69. The topological polar surface area (TPSA) is 46.6 Å². The van der Waals surface area contributed by atoms with Crippen molar-refractivity contribution in [1.82, 2.24) is 4.90 Å². The van der Waals surface area contributed by atoms with Gasteiger partial charge in [0.05, 0.1) is 11.5 Å². The first-order valence-electron chi connectivity index (χ1n) is 8.57. The molecule has 0 saturated carbocycles. The maximum absolute atomic E-state index is 12.7. The molecule has 2 aromatic rings. The van der Waals surface area contributed by atoms with E-state index in [0.29, 0.717) is 25.9 Å². The highest BCUT2D eigenvalue weighted by Gasteiger charge is 2.53. The zero-order valence-corrected chi connectivity index (χ0v) is 15.1. The Labute approximate surface area is 151 Å². The molecular formula is C20H20ClNO3. The Bertz CT molecular complexity index is 884. The number of carbonyl (C=O) groups is 2. The van der Waals surface area contributed by atoms with Crippen molar-refractivity contribution in [1.29, 1.82) is 0 Å². The van der Waals surface area contributed by atoms with Crippen molar-refractivity contribution in [2.75, 3.05) is 13.1 Å². The molecule has 4 rings (SSSR count). The van der Waals surface area contributed by atoms with Crippen LogP contribution < -0.4 is 0 Å². The summed E-state index contributed by atoms with van der Waals surface area (Å²) >= 11 is 6.32. The third-order valence-corrected chi connectivity index (χ3v) is 5.53. The molecule has 2 aromatic carbocycles. The lowest BCUT2D eigenvalue weighted by Crippen LogP contribution is -2.64. The van der Waals surface area contributed by atoms with Gasteiger partial charge in [-0.2, -0.15) is 0 Å². The van der Waals surface area contributed by atoms with Gasteiger partial charge < -0.3 is 9.64 Å². The second kappa shape index (κ2) is 5.73. The van der Waals surface area contributed by atoms with Gasteiger partial charge in [0.15, 0.2) is 0 Å². The Morgan fingerprint density at radius 1 is 1.24 bits per heavy atom. The quantitative estimate of drug-likeness (QED) is 0.774. The molecule has 0 bridgehead atoms. The first-order chi connectivity index (χ1) is 11.9. The van der Waals surface area contributed by atoms with E-state index in [0.717, 1.165) is 26.9 Å². The van der Waals surface area contributed by atoms with Crippen LogP contribution in [-0.4, -0.2) is 36.0 Å². The number of amides is 1. The lowest BCUT2D eigenvalue weighted by Gasteiger charge is -2.50. The number of hydrogen-bond acceptors (Lipinski definition) is 3. The van der Waals surface area contributed by atoms with E-state index in [9.17, 15) is 9.59 Å². The standard InChI is InChI=1S/C20H20ClNO3/c1-12(2)25-19(24)22-10-20(11-22)9-15-7-16-13(4-3-5-17(16)21)6-14(15)8-18(20)23/h3-7,12H,8-11H2,1-2H3. The van der Waals surface area contributed by atoms with Crippen molar-refractivity contribution in [3.8, 4) is 0 Å². The van der Waals surface area contributed by atoms with Crippen LogP contribution in [0.3, 0.4) is 0 Å². The molecule has 1 amide bonds. The van der Waals surface area contributed by atoms with Gasteiger partial charge in [-0.25, -0.2) is 4.79 Å². The molecule has 1 aliphatic heterocycles. The minimum atomic E-state index is -0.460. The predicted molar refractivity (Wildman–Crippen MR) is 97.0 cm³/mol. The zero-order valence-electron chi connectivity index (χ0n) is 14.3. The van der Waals surface area contributed by atoms with E-state index in [1.807, 2.05) is 32.0 Å². The van der Waals surface area contributed by atoms with Crippen LogP contribution in [0.4, 0.5) is 4.79 Å². The fourth-order valence-corrected chi connectivity index (χ4v) is 4.15. The molecule has 1 saturated heterocycles. The number of halogens is 1. The fourth-order valence-electron chi connectivity index (χ4n) is 3.91. The van der Waals surface area contributed by atoms with E-state index in [1.54, 1.807) is 4.90 Å². The van der Waals surface area contributed by atoms with Gasteiger partial charge >= 0.3 is 6.09 Å². The van der Waals surface area contributed by atoms with Crippen LogP contribution in [-0.2, 0) is 22.4 Å². The summed E-state index contributed by atoms with van der Waals surface area (Å²) in [4.78, 5) is 26.4. The molecule has 5 heteroatoms. The highest BCUT2D eigenvalue weighted by molar-refractivity contribution is 6.35. The van der Waals surface area contributed by atoms with Gasteiger partial charge in [-0.1, -0.05) is 29.8 Å². The number of carbonyl (C=O) groups excluding carboxylic acids is 2. The molecule has 2 aliphatic rings. The smallest absolute Gasteiger partial charge is 0.410 e. The molecule has 4 nitrogen and oxygen atoms in total. The summed E-state index contributed by atoms with van der Waals surface area (Å²) in [6.45, 7) is 4.53. The number of fused-ring (bicyclic) bond motifs is 2. The SMILES string of the molecule is CC(C)OC(=O)N1CC2(Cc3cc4c(Cl)cccc4cc3CC2=O)C1. The van der Waals surface area contributed by atoms with Crippen LogP contribution >= 0.6 is 11.6 Å². The first kappa shape index (κ1) is 16.4. The fraction of sp³-hybridized carbons (Fsp3) is 0.400. The summed E-state index contributed by atoms with van der Waals surface area (Å²) in [5.74, 6) is 0.218. The van der Waals surface area contributed by atoms with E-state index >= 15 is 0 Å². The van der Waals surface area contributed by atoms with Crippen molar-refractivity contribution in [2.24, 2.45) is 5.41 Å². The number of nitrogens with zero attached hydrogens (tertiary/aromatic N) is 1. The van der Waals surface area contributed by atoms with E-state index < -0.39 is 5.41 Å². The van der Waals surface area contributed by atoms with Gasteiger partial charge in [0.25, 0.3) is 0 Å². The third-order valence-electron chi connectivity index (χ3n) is 5.20. The van der Waals surface area contributed by atoms with E-state index in [1.165, 1.54) is 0 Å². The van der Waals surface area contributed by atoms with Crippen molar-refractivity contribution >= 4 is 34.2 Å². The average Bonchev–Trinajstić information content (AvgIpc) is 2.50. The van der Waals surface area contributed by atoms with E-state index in [2.05, 4.69) is 12.1 Å². The Morgan fingerprint density at radius 2 is 2.00 bits per heavy atom. The van der Waals surface area contributed by atoms with Crippen molar-refractivity contribution < 1.29 is 14.3 Å². The van der Waals surface area contributed by atoms with E-state index in [-0.39, 0.29) is 18.0 Å². The normalized spacial score (nSPS) is 18.4. The van der Waals surface area contributed by atoms with Crippen LogP contribution in [0.1, 0.15) is 25.0 Å². The highest BCUT2D eigenvalue weighted by Crippen LogP contribution is 2.42. The highest BCUT2D eigenvalue weighted by atomic mass is 35.5. The monoisotopic (exact) mass is 357 g/mol. The molecule has 0 N–H and O–H groups in total. The Morgan fingerprint density at radius 3 is 2.72 bits per heavy atom. The number of likely N-dealkylation sites (tertiary alicyclic amines) is 1. The maximum Gasteiger partial charge on any atom is 0.410 e. The summed E-state index contributed by atoms with van der Waals surface area (Å²) in [6.07, 6.45) is 0.597. The van der Waals surface area contributed by atoms with Crippen molar-refractivity contribution in [3.05, 3.63) is 46.5 Å². The molecule has 130 valence electrons. The van der Waals surface area contributed by atoms with Gasteiger partial charge in [-0.15, -0.1) is 0 Å². The van der Waals surface area contributed by atoms with Gasteiger partial charge in [0, 0.05) is 29.9 Å². The zero-order chi connectivity index (χ0) is 17.8. The average molecular weight is 358 g/mol. The number of hydrogen-bond donors (Lipinski definition) is 0. The van der Waals surface area contributed by atoms with E-state index in [4.69, 9.17) is 16.3 Å². The number of rotatable bonds is 1. The van der Waals surface area contributed by atoms with Crippen LogP contribution in [0.15, 0.2) is 30.3 Å². The maximum atomic E-state index is 12.7. The van der Waals surface area contributed by atoms with Crippen molar-refractivity contribution in [3.63, 3.8) is 0 Å². The molecule has 0 unspecified atom stereocenters. The van der Waals surface area contributed by atoms with Gasteiger partial charge in [0.2, 0.25) is 0 Å². The molecule has 25 heavy (non-hydrogen) atoms. The van der Waals surface area contributed by atoms with Crippen LogP contribution in [0.25, 0.3) is 10.8 Å². The molecule has 0 radical (unpaired) electrons. The van der Waals surface area contributed by atoms with Crippen molar-refractivity contribution in [2.45, 2.75) is 32.8 Å². The molecule has 1 aliphatic carbocycles. The minimum absolute atomic E-state index is 0.152. The molecule has 0 atom stereocenters. The van der Waals surface area contributed by atoms with Crippen LogP contribution in [0.2, 0.25) is 5.02 Å². The van der Waals surface area contributed by atoms with Crippen LogP contribution in [0, 0.1) is 5.41 Å². The van der Waals surface area contributed by atoms with Gasteiger partial charge in [-0.05, 0) is 48.9 Å². The Hall–Kier alpha value is -2.07. The second-order valence-corrected chi connectivity index (χ2v) is 7.83. The predicted octanol–water partition coefficient (Wildman–Crippen LogP) is 4.01. The van der Waals surface area contributed by atoms with Gasteiger partial charge in [-0.3, -0.25) is 4.79 Å². The number of ether oxygens (including phenoxy) is 1. The summed E-state index contributed by atoms with van der Waals surface area (Å²) < 4.78 is 5.22. The molecule has 1 heterocycles.